The molecule has 0 amide bonds. The van der Waals surface area contributed by atoms with E-state index in [1.165, 1.54) is 37.7 Å². The van der Waals surface area contributed by atoms with Gasteiger partial charge in [0.05, 0.1) is 0 Å². The van der Waals surface area contributed by atoms with Crippen molar-refractivity contribution in [2.45, 2.75) is 38.1 Å². The third-order valence-electron chi connectivity index (χ3n) is 3.86. The molecule has 1 nitrogen and oxygen atoms in total. The summed E-state index contributed by atoms with van der Waals surface area (Å²) < 4.78 is 13.0. The number of halogens is 1. The van der Waals surface area contributed by atoms with Crippen LogP contribution in [0.4, 0.5) is 4.39 Å². The fourth-order valence-corrected chi connectivity index (χ4v) is 3.10. The lowest BCUT2D eigenvalue weighted by Gasteiger charge is -2.35. The van der Waals surface area contributed by atoms with Gasteiger partial charge in [-0.3, -0.25) is 0 Å². The van der Waals surface area contributed by atoms with Gasteiger partial charge < -0.3 is 4.90 Å². The van der Waals surface area contributed by atoms with Crippen LogP contribution in [0, 0.1) is 11.7 Å². The van der Waals surface area contributed by atoms with Crippen molar-refractivity contribution in [1.29, 1.82) is 0 Å². The Morgan fingerprint density at radius 2 is 1.65 bits per heavy atom. The van der Waals surface area contributed by atoms with Crippen LogP contribution in [0.2, 0.25) is 0 Å². The molecule has 1 aromatic rings. The van der Waals surface area contributed by atoms with Crippen molar-refractivity contribution in [3.8, 4) is 0 Å². The SMILES string of the molecule is CN(C)C(c1ccc(F)cc1)C1CCCCC1. The zero-order valence-electron chi connectivity index (χ0n) is 10.8. The second kappa shape index (κ2) is 5.63. The zero-order valence-corrected chi connectivity index (χ0v) is 10.8. The van der Waals surface area contributed by atoms with Crippen molar-refractivity contribution in [3.05, 3.63) is 35.6 Å². The van der Waals surface area contributed by atoms with E-state index in [1.807, 2.05) is 12.1 Å². The van der Waals surface area contributed by atoms with E-state index in [0.717, 1.165) is 5.92 Å². The van der Waals surface area contributed by atoms with E-state index < -0.39 is 0 Å². The fourth-order valence-electron chi connectivity index (χ4n) is 3.10. The van der Waals surface area contributed by atoms with Crippen LogP contribution in [0.25, 0.3) is 0 Å². The summed E-state index contributed by atoms with van der Waals surface area (Å²) in [5.74, 6) is 0.583. The smallest absolute Gasteiger partial charge is 0.123 e. The maximum atomic E-state index is 13.0. The van der Waals surface area contributed by atoms with Crippen molar-refractivity contribution >= 4 is 0 Å². The number of rotatable bonds is 3. The Morgan fingerprint density at radius 1 is 1.06 bits per heavy atom. The molecular weight excluding hydrogens is 213 g/mol. The number of nitrogens with zero attached hydrogens (tertiary/aromatic N) is 1. The summed E-state index contributed by atoms with van der Waals surface area (Å²) in [6.07, 6.45) is 6.67. The minimum Gasteiger partial charge on any atom is -0.302 e. The van der Waals surface area contributed by atoms with E-state index >= 15 is 0 Å². The molecule has 1 aliphatic rings. The molecule has 94 valence electrons. The van der Waals surface area contributed by atoms with E-state index in [4.69, 9.17) is 0 Å². The van der Waals surface area contributed by atoms with Crippen molar-refractivity contribution in [1.82, 2.24) is 4.90 Å². The molecule has 17 heavy (non-hydrogen) atoms. The second-order valence-corrected chi connectivity index (χ2v) is 5.36. The summed E-state index contributed by atoms with van der Waals surface area (Å²) >= 11 is 0. The Balaban J connectivity index is 2.18. The van der Waals surface area contributed by atoms with Crippen LogP contribution in [-0.4, -0.2) is 19.0 Å². The molecule has 0 heterocycles. The molecule has 2 rings (SSSR count). The first-order valence-corrected chi connectivity index (χ1v) is 6.60. The third-order valence-corrected chi connectivity index (χ3v) is 3.86. The molecule has 0 bridgehead atoms. The predicted molar refractivity (Wildman–Crippen MR) is 69.4 cm³/mol. The van der Waals surface area contributed by atoms with E-state index in [9.17, 15) is 4.39 Å². The standard InChI is InChI=1S/C15H22FN/c1-17(2)15(12-6-4-3-5-7-12)13-8-10-14(16)11-9-13/h8-12,15H,3-7H2,1-2H3. The van der Waals surface area contributed by atoms with Crippen LogP contribution in [0.3, 0.4) is 0 Å². The zero-order chi connectivity index (χ0) is 12.3. The first-order valence-electron chi connectivity index (χ1n) is 6.60. The van der Waals surface area contributed by atoms with Gasteiger partial charge in [0.15, 0.2) is 0 Å². The molecule has 1 fully saturated rings. The highest BCUT2D eigenvalue weighted by molar-refractivity contribution is 5.20. The molecule has 2 heteroatoms. The predicted octanol–water partition coefficient (Wildman–Crippen LogP) is 4.01. The maximum Gasteiger partial charge on any atom is 0.123 e. The minimum atomic E-state index is -0.144. The quantitative estimate of drug-likeness (QED) is 0.765. The first-order chi connectivity index (χ1) is 8.18. The highest BCUT2D eigenvalue weighted by Gasteiger charge is 2.26. The Labute approximate surface area is 104 Å². The lowest BCUT2D eigenvalue weighted by Crippen LogP contribution is -2.28. The van der Waals surface area contributed by atoms with Gasteiger partial charge in [-0.05, 0) is 50.6 Å². The van der Waals surface area contributed by atoms with E-state index in [-0.39, 0.29) is 5.82 Å². The van der Waals surface area contributed by atoms with Gasteiger partial charge in [-0.25, -0.2) is 4.39 Å². The van der Waals surface area contributed by atoms with Gasteiger partial charge in [-0.1, -0.05) is 31.4 Å². The van der Waals surface area contributed by atoms with Gasteiger partial charge in [-0.15, -0.1) is 0 Å². The maximum absolute atomic E-state index is 13.0. The van der Waals surface area contributed by atoms with E-state index in [0.29, 0.717) is 6.04 Å². The van der Waals surface area contributed by atoms with Crippen LogP contribution in [0.5, 0.6) is 0 Å². The summed E-state index contributed by atoms with van der Waals surface area (Å²) in [6, 6.07) is 7.47. The molecule has 0 saturated heterocycles. The Kier molecular flexibility index (Phi) is 4.16. The van der Waals surface area contributed by atoms with Gasteiger partial charge in [-0.2, -0.15) is 0 Å². The summed E-state index contributed by atoms with van der Waals surface area (Å²) in [7, 11) is 4.26. The topological polar surface area (TPSA) is 3.24 Å². The first kappa shape index (κ1) is 12.6. The average molecular weight is 235 g/mol. The number of hydrogen-bond acceptors (Lipinski definition) is 1. The summed E-state index contributed by atoms with van der Waals surface area (Å²) in [5, 5.41) is 0. The number of benzene rings is 1. The lowest BCUT2D eigenvalue weighted by atomic mass is 9.80. The van der Waals surface area contributed by atoms with Gasteiger partial charge in [0.25, 0.3) is 0 Å². The van der Waals surface area contributed by atoms with Crippen LogP contribution < -0.4 is 0 Å². The lowest BCUT2D eigenvalue weighted by molar-refractivity contribution is 0.171. The molecule has 0 radical (unpaired) electrons. The molecule has 1 aliphatic carbocycles. The molecule has 0 aliphatic heterocycles. The Bertz CT molecular complexity index is 338. The highest BCUT2D eigenvalue weighted by atomic mass is 19.1. The van der Waals surface area contributed by atoms with Crippen LogP contribution >= 0.6 is 0 Å². The van der Waals surface area contributed by atoms with Crippen molar-refractivity contribution < 1.29 is 4.39 Å². The molecule has 1 atom stereocenters. The highest BCUT2D eigenvalue weighted by Crippen LogP contribution is 2.37. The van der Waals surface area contributed by atoms with Gasteiger partial charge in [0, 0.05) is 6.04 Å². The Morgan fingerprint density at radius 3 is 2.18 bits per heavy atom. The summed E-state index contributed by atoms with van der Waals surface area (Å²) in [4.78, 5) is 2.28. The molecular formula is C15H22FN. The van der Waals surface area contributed by atoms with Crippen molar-refractivity contribution in [2.24, 2.45) is 5.92 Å². The van der Waals surface area contributed by atoms with Gasteiger partial charge >= 0.3 is 0 Å². The Hall–Kier alpha value is -0.890. The number of hydrogen-bond donors (Lipinski definition) is 0. The molecule has 1 unspecified atom stereocenters. The van der Waals surface area contributed by atoms with Crippen molar-refractivity contribution in [3.63, 3.8) is 0 Å². The normalized spacial score (nSPS) is 19.5. The molecule has 0 aromatic heterocycles. The second-order valence-electron chi connectivity index (χ2n) is 5.36. The molecule has 0 N–H and O–H groups in total. The van der Waals surface area contributed by atoms with Crippen LogP contribution in [-0.2, 0) is 0 Å². The largest absolute Gasteiger partial charge is 0.302 e. The van der Waals surface area contributed by atoms with Crippen LogP contribution in [0.1, 0.15) is 43.7 Å². The summed E-state index contributed by atoms with van der Waals surface area (Å²) in [6.45, 7) is 0. The monoisotopic (exact) mass is 235 g/mol. The van der Waals surface area contributed by atoms with Gasteiger partial charge in [0.1, 0.15) is 5.82 Å². The molecule has 1 aromatic carbocycles. The van der Waals surface area contributed by atoms with Crippen molar-refractivity contribution in [2.75, 3.05) is 14.1 Å². The summed E-state index contributed by atoms with van der Waals surface area (Å²) in [5.41, 5.74) is 1.25. The average Bonchev–Trinajstić information content (AvgIpc) is 2.33. The third kappa shape index (κ3) is 3.06. The van der Waals surface area contributed by atoms with E-state index in [1.54, 1.807) is 12.1 Å². The molecule has 1 saturated carbocycles. The van der Waals surface area contributed by atoms with Gasteiger partial charge in [0.2, 0.25) is 0 Å². The van der Waals surface area contributed by atoms with E-state index in [2.05, 4.69) is 19.0 Å². The van der Waals surface area contributed by atoms with Crippen LogP contribution in [0.15, 0.2) is 24.3 Å². The minimum absolute atomic E-state index is 0.144. The molecule has 0 spiro atoms. The fraction of sp³-hybridized carbons (Fsp3) is 0.600.